The monoisotopic (exact) mass is 153 g/mol. The molecule has 1 fully saturated rings. The van der Waals surface area contributed by atoms with Crippen molar-refractivity contribution in [2.24, 2.45) is 5.73 Å². The molecular weight excluding hydrogens is 142 g/mol. The van der Waals surface area contributed by atoms with E-state index in [1.165, 1.54) is 23.3 Å². The molecule has 0 unspecified atom stereocenters. The predicted octanol–water partition coefficient (Wildman–Crippen LogP) is 2.08. The summed E-state index contributed by atoms with van der Waals surface area (Å²) in [6, 6.07) is 2.25. The molecule has 1 nitrogen and oxygen atoms in total. The Morgan fingerprint density at radius 2 is 2.40 bits per heavy atom. The summed E-state index contributed by atoms with van der Waals surface area (Å²) in [5, 5.41) is 2.25. The molecule has 0 spiro atoms. The van der Waals surface area contributed by atoms with E-state index in [1.54, 1.807) is 11.3 Å². The molecule has 10 heavy (non-hydrogen) atoms. The smallest absolute Gasteiger partial charge is 0.0273 e. The van der Waals surface area contributed by atoms with Gasteiger partial charge in [0.15, 0.2) is 0 Å². The van der Waals surface area contributed by atoms with E-state index in [1.807, 2.05) is 0 Å². The molecule has 1 aromatic rings. The second-order valence-corrected chi connectivity index (χ2v) is 3.82. The lowest BCUT2D eigenvalue weighted by Crippen LogP contribution is -1.91. The van der Waals surface area contributed by atoms with Crippen LogP contribution in [-0.4, -0.2) is 0 Å². The Bertz CT molecular complexity index is 225. The molecule has 2 heteroatoms. The highest BCUT2D eigenvalue weighted by atomic mass is 32.1. The van der Waals surface area contributed by atoms with Crippen molar-refractivity contribution in [3.63, 3.8) is 0 Å². The number of thiophene rings is 1. The van der Waals surface area contributed by atoms with Crippen LogP contribution in [0.25, 0.3) is 0 Å². The standard InChI is InChI=1S/C8H11NS/c9-4-8-3-7(5-10-8)6-1-2-6/h3,5-6H,1-2,4,9H2. The summed E-state index contributed by atoms with van der Waals surface area (Å²) in [6.07, 6.45) is 2.78. The summed E-state index contributed by atoms with van der Waals surface area (Å²) in [6.45, 7) is 0.706. The first-order valence-electron chi connectivity index (χ1n) is 3.67. The van der Waals surface area contributed by atoms with Gasteiger partial charge in [-0.15, -0.1) is 11.3 Å². The fraction of sp³-hybridized carbons (Fsp3) is 0.500. The molecule has 54 valence electrons. The van der Waals surface area contributed by atoms with Crippen LogP contribution >= 0.6 is 11.3 Å². The van der Waals surface area contributed by atoms with Gasteiger partial charge in [0.25, 0.3) is 0 Å². The topological polar surface area (TPSA) is 26.0 Å². The van der Waals surface area contributed by atoms with E-state index >= 15 is 0 Å². The molecule has 1 saturated carbocycles. The summed E-state index contributed by atoms with van der Waals surface area (Å²) >= 11 is 1.79. The summed E-state index contributed by atoms with van der Waals surface area (Å²) in [7, 11) is 0. The zero-order valence-corrected chi connectivity index (χ0v) is 6.66. The van der Waals surface area contributed by atoms with Crippen LogP contribution in [0, 0.1) is 0 Å². The van der Waals surface area contributed by atoms with Gasteiger partial charge in [0, 0.05) is 11.4 Å². The van der Waals surface area contributed by atoms with Gasteiger partial charge in [-0.1, -0.05) is 0 Å². The Morgan fingerprint density at radius 3 is 2.90 bits per heavy atom. The van der Waals surface area contributed by atoms with Gasteiger partial charge >= 0.3 is 0 Å². The van der Waals surface area contributed by atoms with Crippen LogP contribution in [0.15, 0.2) is 11.4 Å². The van der Waals surface area contributed by atoms with Crippen LogP contribution in [0.2, 0.25) is 0 Å². The molecule has 1 aliphatic rings. The molecule has 0 amide bonds. The van der Waals surface area contributed by atoms with Crippen LogP contribution in [-0.2, 0) is 6.54 Å². The predicted molar refractivity (Wildman–Crippen MR) is 44.2 cm³/mol. The van der Waals surface area contributed by atoms with Crippen molar-refractivity contribution in [2.75, 3.05) is 0 Å². The second-order valence-electron chi connectivity index (χ2n) is 2.82. The lowest BCUT2D eigenvalue weighted by Gasteiger charge is -1.86. The van der Waals surface area contributed by atoms with Crippen LogP contribution < -0.4 is 5.73 Å². The number of nitrogens with two attached hydrogens (primary N) is 1. The minimum atomic E-state index is 0.706. The van der Waals surface area contributed by atoms with Crippen molar-refractivity contribution in [2.45, 2.75) is 25.3 Å². The first-order chi connectivity index (χ1) is 4.90. The van der Waals surface area contributed by atoms with Crippen molar-refractivity contribution in [3.05, 3.63) is 21.9 Å². The highest BCUT2D eigenvalue weighted by Gasteiger charge is 2.23. The van der Waals surface area contributed by atoms with Crippen molar-refractivity contribution in [3.8, 4) is 0 Å². The van der Waals surface area contributed by atoms with E-state index in [-0.39, 0.29) is 0 Å². The third-order valence-electron chi connectivity index (χ3n) is 1.92. The van der Waals surface area contributed by atoms with Gasteiger partial charge in [-0.25, -0.2) is 0 Å². The van der Waals surface area contributed by atoms with Gasteiger partial charge in [0.2, 0.25) is 0 Å². The lowest BCUT2D eigenvalue weighted by atomic mass is 10.2. The number of hydrogen-bond donors (Lipinski definition) is 1. The molecule has 1 aliphatic carbocycles. The Kier molecular flexibility index (Phi) is 1.51. The van der Waals surface area contributed by atoms with Gasteiger partial charge in [0.05, 0.1) is 0 Å². The maximum absolute atomic E-state index is 5.49. The fourth-order valence-corrected chi connectivity index (χ4v) is 1.98. The largest absolute Gasteiger partial charge is 0.326 e. The maximum atomic E-state index is 5.49. The van der Waals surface area contributed by atoms with Gasteiger partial charge < -0.3 is 5.73 Å². The Labute approximate surface area is 64.9 Å². The van der Waals surface area contributed by atoms with E-state index in [4.69, 9.17) is 5.73 Å². The summed E-state index contributed by atoms with van der Waals surface area (Å²) in [4.78, 5) is 1.32. The molecule has 0 aliphatic heterocycles. The van der Waals surface area contributed by atoms with Gasteiger partial charge in [0.1, 0.15) is 0 Å². The molecule has 0 bridgehead atoms. The fourth-order valence-electron chi connectivity index (χ4n) is 1.14. The molecule has 0 saturated heterocycles. The van der Waals surface area contributed by atoms with E-state index in [9.17, 15) is 0 Å². The minimum Gasteiger partial charge on any atom is -0.326 e. The highest BCUT2D eigenvalue weighted by molar-refractivity contribution is 7.10. The van der Waals surface area contributed by atoms with Crippen molar-refractivity contribution in [1.29, 1.82) is 0 Å². The lowest BCUT2D eigenvalue weighted by molar-refractivity contribution is 1.09. The summed E-state index contributed by atoms with van der Waals surface area (Å²) in [5.41, 5.74) is 7.01. The van der Waals surface area contributed by atoms with Crippen molar-refractivity contribution in [1.82, 2.24) is 0 Å². The van der Waals surface area contributed by atoms with Crippen LogP contribution in [0.4, 0.5) is 0 Å². The number of hydrogen-bond acceptors (Lipinski definition) is 2. The average Bonchev–Trinajstić information content (AvgIpc) is 2.70. The molecular formula is C8H11NS. The van der Waals surface area contributed by atoms with Gasteiger partial charge in [-0.3, -0.25) is 0 Å². The number of rotatable bonds is 2. The van der Waals surface area contributed by atoms with Crippen LogP contribution in [0.1, 0.15) is 29.2 Å². The SMILES string of the molecule is NCc1cc(C2CC2)cs1. The second kappa shape index (κ2) is 2.36. The van der Waals surface area contributed by atoms with E-state index in [0.29, 0.717) is 6.54 Å². The van der Waals surface area contributed by atoms with Crippen LogP contribution in [0.5, 0.6) is 0 Å². The first kappa shape index (κ1) is 6.38. The summed E-state index contributed by atoms with van der Waals surface area (Å²) in [5.74, 6) is 0.886. The van der Waals surface area contributed by atoms with Crippen molar-refractivity contribution < 1.29 is 0 Å². The minimum absolute atomic E-state index is 0.706. The summed E-state index contributed by atoms with van der Waals surface area (Å²) < 4.78 is 0. The van der Waals surface area contributed by atoms with E-state index in [2.05, 4.69) is 11.4 Å². The molecule has 0 radical (unpaired) electrons. The Morgan fingerprint density at radius 1 is 1.60 bits per heavy atom. The highest BCUT2D eigenvalue weighted by Crippen LogP contribution is 2.41. The average molecular weight is 153 g/mol. The third kappa shape index (κ3) is 1.09. The molecule has 0 aromatic carbocycles. The zero-order chi connectivity index (χ0) is 6.97. The zero-order valence-electron chi connectivity index (χ0n) is 5.84. The van der Waals surface area contributed by atoms with Crippen molar-refractivity contribution >= 4 is 11.3 Å². The van der Waals surface area contributed by atoms with Gasteiger partial charge in [-0.2, -0.15) is 0 Å². The Hall–Kier alpha value is -0.340. The van der Waals surface area contributed by atoms with Crippen LogP contribution in [0.3, 0.4) is 0 Å². The molecule has 2 N–H and O–H groups in total. The van der Waals surface area contributed by atoms with E-state index in [0.717, 1.165) is 5.92 Å². The third-order valence-corrected chi connectivity index (χ3v) is 2.90. The molecule has 0 atom stereocenters. The first-order valence-corrected chi connectivity index (χ1v) is 4.55. The maximum Gasteiger partial charge on any atom is 0.0273 e. The normalized spacial score (nSPS) is 17.7. The molecule has 2 rings (SSSR count). The van der Waals surface area contributed by atoms with E-state index < -0.39 is 0 Å². The molecule has 1 heterocycles. The quantitative estimate of drug-likeness (QED) is 0.691. The van der Waals surface area contributed by atoms with Gasteiger partial charge in [-0.05, 0) is 35.8 Å². The Balaban J connectivity index is 2.19. The molecule has 1 aromatic heterocycles.